The van der Waals surface area contributed by atoms with Crippen LogP contribution in [-0.2, 0) is 14.3 Å². The smallest absolute Gasteiger partial charge is 0.306 e. The van der Waals surface area contributed by atoms with E-state index in [1.165, 1.54) is 12.8 Å². The highest BCUT2D eigenvalue weighted by Gasteiger charge is 2.28. The number of morpholine rings is 1. The summed E-state index contributed by atoms with van der Waals surface area (Å²) < 4.78 is 10.9. The first-order valence-electron chi connectivity index (χ1n) is 10.6. The SMILES string of the molecule is CCNC(=NCC(C)(C)N1CCOCC1)NCCCC(=O)OC1CCCC1.I. The van der Waals surface area contributed by atoms with Crippen LogP contribution < -0.4 is 10.6 Å². The Morgan fingerprint density at radius 3 is 2.54 bits per heavy atom. The van der Waals surface area contributed by atoms with Gasteiger partial charge in [-0.3, -0.25) is 14.7 Å². The van der Waals surface area contributed by atoms with Crippen molar-refractivity contribution in [3.8, 4) is 0 Å². The van der Waals surface area contributed by atoms with Gasteiger partial charge in [0.15, 0.2) is 5.96 Å². The summed E-state index contributed by atoms with van der Waals surface area (Å²) in [6.07, 6.45) is 5.79. The van der Waals surface area contributed by atoms with Crippen molar-refractivity contribution < 1.29 is 14.3 Å². The minimum absolute atomic E-state index is 0. The summed E-state index contributed by atoms with van der Waals surface area (Å²) in [7, 11) is 0. The van der Waals surface area contributed by atoms with Gasteiger partial charge in [-0.1, -0.05) is 0 Å². The third kappa shape index (κ3) is 9.26. The van der Waals surface area contributed by atoms with E-state index in [-0.39, 0.29) is 41.6 Å². The predicted molar refractivity (Wildman–Crippen MR) is 123 cm³/mol. The maximum Gasteiger partial charge on any atom is 0.306 e. The average molecular weight is 510 g/mol. The lowest BCUT2D eigenvalue weighted by Crippen LogP contribution is -2.52. The van der Waals surface area contributed by atoms with E-state index in [1.807, 2.05) is 0 Å². The fourth-order valence-corrected chi connectivity index (χ4v) is 3.57. The lowest BCUT2D eigenvalue weighted by molar-refractivity contribution is -0.148. The van der Waals surface area contributed by atoms with Crippen molar-refractivity contribution >= 4 is 35.9 Å². The van der Waals surface area contributed by atoms with Gasteiger partial charge in [0.2, 0.25) is 0 Å². The molecular weight excluding hydrogens is 471 g/mol. The first-order chi connectivity index (χ1) is 13.0. The molecule has 0 aromatic rings. The van der Waals surface area contributed by atoms with Crippen LogP contribution in [0.4, 0.5) is 0 Å². The van der Waals surface area contributed by atoms with Gasteiger partial charge in [0.05, 0.1) is 19.8 Å². The van der Waals surface area contributed by atoms with Crippen LogP contribution in [0.5, 0.6) is 0 Å². The molecule has 28 heavy (non-hydrogen) atoms. The second-order valence-corrected chi connectivity index (χ2v) is 8.03. The highest BCUT2D eigenvalue weighted by Crippen LogP contribution is 2.21. The molecule has 0 unspecified atom stereocenters. The predicted octanol–water partition coefficient (Wildman–Crippen LogP) is 2.54. The van der Waals surface area contributed by atoms with E-state index >= 15 is 0 Å². The first kappa shape index (κ1) is 25.4. The molecule has 1 aliphatic carbocycles. The van der Waals surface area contributed by atoms with E-state index in [4.69, 9.17) is 14.5 Å². The highest BCUT2D eigenvalue weighted by atomic mass is 127. The molecule has 2 aliphatic rings. The molecule has 0 bridgehead atoms. The Morgan fingerprint density at radius 2 is 1.89 bits per heavy atom. The van der Waals surface area contributed by atoms with Crippen molar-refractivity contribution in [1.29, 1.82) is 0 Å². The molecule has 1 saturated heterocycles. The molecule has 7 nitrogen and oxygen atoms in total. The molecule has 1 saturated carbocycles. The maximum absolute atomic E-state index is 11.9. The summed E-state index contributed by atoms with van der Waals surface area (Å²) in [5.41, 5.74) is -0.00276. The second kappa shape index (κ2) is 13.6. The third-order valence-corrected chi connectivity index (χ3v) is 5.29. The number of carbonyl (C=O) groups is 1. The maximum atomic E-state index is 11.9. The quantitative estimate of drug-likeness (QED) is 0.163. The standard InChI is InChI=1S/C20H38N4O3.HI/c1-4-21-19(23-16-20(2,3)24-12-14-26-15-13-24)22-11-7-10-18(25)27-17-8-5-6-9-17;/h17H,4-16H2,1-3H3,(H2,21,22,23);1H. The number of nitrogens with one attached hydrogen (secondary N) is 2. The molecule has 8 heteroatoms. The molecule has 1 aliphatic heterocycles. The van der Waals surface area contributed by atoms with Crippen LogP contribution in [0.1, 0.15) is 59.3 Å². The van der Waals surface area contributed by atoms with Gasteiger partial charge in [-0.25, -0.2) is 0 Å². The molecule has 0 aromatic heterocycles. The molecule has 2 N–H and O–H groups in total. The number of carbonyl (C=O) groups excluding carboxylic acids is 1. The number of nitrogens with zero attached hydrogens (tertiary/aromatic N) is 2. The van der Waals surface area contributed by atoms with Crippen LogP contribution in [0.25, 0.3) is 0 Å². The van der Waals surface area contributed by atoms with Gasteiger partial charge in [-0.05, 0) is 52.9 Å². The van der Waals surface area contributed by atoms with Gasteiger partial charge < -0.3 is 20.1 Å². The molecule has 0 atom stereocenters. The Balaban J connectivity index is 0.00000392. The zero-order valence-corrected chi connectivity index (χ0v) is 20.1. The van der Waals surface area contributed by atoms with Crippen LogP contribution in [0.3, 0.4) is 0 Å². The van der Waals surface area contributed by atoms with E-state index in [0.29, 0.717) is 19.5 Å². The summed E-state index contributed by atoms with van der Waals surface area (Å²) in [5, 5.41) is 6.62. The Bertz CT molecular complexity index is 476. The summed E-state index contributed by atoms with van der Waals surface area (Å²) in [5.74, 6) is 0.738. The summed E-state index contributed by atoms with van der Waals surface area (Å²) in [6, 6.07) is 0. The van der Waals surface area contributed by atoms with E-state index in [9.17, 15) is 4.79 Å². The summed E-state index contributed by atoms with van der Waals surface area (Å²) >= 11 is 0. The van der Waals surface area contributed by atoms with Gasteiger partial charge in [-0.2, -0.15) is 0 Å². The molecule has 0 radical (unpaired) electrons. The Labute approximate surface area is 187 Å². The monoisotopic (exact) mass is 510 g/mol. The number of rotatable bonds is 9. The lowest BCUT2D eigenvalue weighted by Gasteiger charge is -2.39. The molecule has 2 fully saturated rings. The topological polar surface area (TPSA) is 75.2 Å². The minimum atomic E-state index is -0.0703. The molecular formula is C20H39IN4O3. The minimum Gasteiger partial charge on any atom is -0.462 e. The Hall–Kier alpha value is -0.610. The third-order valence-electron chi connectivity index (χ3n) is 5.29. The van der Waals surface area contributed by atoms with Gasteiger partial charge >= 0.3 is 5.97 Å². The summed E-state index contributed by atoms with van der Waals surface area (Å²) in [4.78, 5) is 19.1. The zero-order chi connectivity index (χ0) is 19.5. The van der Waals surface area contributed by atoms with Gasteiger partial charge in [0, 0.05) is 38.1 Å². The number of ether oxygens (including phenoxy) is 2. The first-order valence-corrected chi connectivity index (χ1v) is 10.6. The molecule has 2 rings (SSSR count). The van der Waals surface area contributed by atoms with Crippen LogP contribution in [-0.4, -0.2) is 74.4 Å². The van der Waals surface area contributed by atoms with Gasteiger partial charge in [0.1, 0.15) is 6.10 Å². The molecule has 0 aromatic carbocycles. The van der Waals surface area contributed by atoms with E-state index in [2.05, 4.69) is 36.3 Å². The van der Waals surface area contributed by atoms with Gasteiger partial charge in [-0.15, -0.1) is 24.0 Å². The fourth-order valence-electron chi connectivity index (χ4n) is 3.57. The average Bonchev–Trinajstić information content (AvgIpc) is 3.17. The van der Waals surface area contributed by atoms with Crippen molar-refractivity contribution in [2.75, 3.05) is 45.9 Å². The number of aliphatic imine (C=N–C) groups is 1. The number of hydrogen-bond donors (Lipinski definition) is 2. The highest BCUT2D eigenvalue weighted by molar-refractivity contribution is 14.0. The molecule has 0 amide bonds. The van der Waals surface area contributed by atoms with Crippen molar-refractivity contribution in [3.63, 3.8) is 0 Å². The van der Waals surface area contributed by atoms with Crippen molar-refractivity contribution in [3.05, 3.63) is 0 Å². The zero-order valence-electron chi connectivity index (χ0n) is 17.8. The Kier molecular flexibility index (Phi) is 12.3. The normalized spacial score (nSPS) is 19.2. The fraction of sp³-hybridized carbons (Fsp3) is 0.900. The number of esters is 1. The number of halogens is 1. The van der Waals surface area contributed by atoms with Crippen molar-refractivity contribution in [1.82, 2.24) is 15.5 Å². The van der Waals surface area contributed by atoms with Crippen LogP contribution in [0.15, 0.2) is 4.99 Å². The number of guanidine groups is 1. The summed E-state index contributed by atoms with van der Waals surface area (Å²) in [6.45, 7) is 12.2. The van der Waals surface area contributed by atoms with Crippen molar-refractivity contribution in [2.45, 2.75) is 70.9 Å². The Morgan fingerprint density at radius 1 is 1.21 bits per heavy atom. The largest absolute Gasteiger partial charge is 0.462 e. The molecule has 0 spiro atoms. The van der Waals surface area contributed by atoms with E-state index in [0.717, 1.165) is 58.1 Å². The van der Waals surface area contributed by atoms with E-state index in [1.54, 1.807) is 0 Å². The second-order valence-electron chi connectivity index (χ2n) is 8.03. The molecule has 1 heterocycles. The van der Waals surface area contributed by atoms with Crippen LogP contribution in [0, 0.1) is 0 Å². The van der Waals surface area contributed by atoms with Crippen LogP contribution in [0.2, 0.25) is 0 Å². The molecule has 164 valence electrons. The van der Waals surface area contributed by atoms with Gasteiger partial charge in [0.25, 0.3) is 0 Å². The lowest BCUT2D eigenvalue weighted by atomic mass is 10.0. The van der Waals surface area contributed by atoms with Crippen molar-refractivity contribution in [2.24, 2.45) is 4.99 Å². The number of hydrogen-bond acceptors (Lipinski definition) is 5. The van der Waals surface area contributed by atoms with Crippen LogP contribution >= 0.6 is 24.0 Å². The van der Waals surface area contributed by atoms with E-state index < -0.39 is 0 Å².